The maximum Gasteiger partial charge on any atom is 0.137 e. The number of rotatable bonds is 3. The Kier molecular flexibility index (Phi) is 4.32. The summed E-state index contributed by atoms with van der Waals surface area (Å²) in [7, 11) is 0. The summed E-state index contributed by atoms with van der Waals surface area (Å²) in [6.45, 7) is 12.7. The molecule has 0 spiro atoms. The topological polar surface area (TPSA) is 50.9 Å². The van der Waals surface area contributed by atoms with Gasteiger partial charge in [0.1, 0.15) is 10.8 Å². The molecule has 1 rings (SSSR count). The number of nitrogens with one attached hydrogen (secondary N) is 1. The lowest BCUT2D eigenvalue weighted by Crippen LogP contribution is -2.32. The number of anilines is 1. The predicted octanol–water partition coefficient (Wildman–Crippen LogP) is 3.18. The Morgan fingerprint density at radius 2 is 1.94 bits per heavy atom. The molecule has 1 aromatic heterocycles. The number of hydrogen-bond donors (Lipinski definition) is 2. The van der Waals surface area contributed by atoms with Gasteiger partial charge >= 0.3 is 0 Å². The van der Waals surface area contributed by atoms with Crippen LogP contribution in [0.1, 0.15) is 44.5 Å². The van der Waals surface area contributed by atoms with Gasteiger partial charge in [0.25, 0.3) is 0 Å². The molecule has 1 atom stereocenters. The van der Waals surface area contributed by atoms with Crippen LogP contribution in [0.5, 0.6) is 0 Å². The Labute approximate surface area is 115 Å². The number of aryl methyl sites for hydroxylation is 2. The highest BCUT2D eigenvalue weighted by Crippen LogP contribution is 2.25. The third kappa shape index (κ3) is 3.42. The summed E-state index contributed by atoms with van der Waals surface area (Å²) < 4.78 is 0. The molecular weight excluding hydrogens is 242 g/mol. The minimum absolute atomic E-state index is 0.146. The molecule has 0 fully saturated rings. The van der Waals surface area contributed by atoms with Gasteiger partial charge in [0.2, 0.25) is 0 Å². The zero-order chi connectivity index (χ0) is 14.1. The van der Waals surface area contributed by atoms with Crippen molar-refractivity contribution < 1.29 is 0 Å². The van der Waals surface area contributed by atoms with E-state index < -0.39 is 0 Å². The van der Waals surface area contributed by atoms with Crippen LogP contribution >= 0.6 is 12.2 Å². The van der Waals surface area contributed by atoms with Crippen LogP contribution in [0.25, 0.3) is 0 Å². The lowest BCUT2D eigenvalue weighted by molar-refractivity contribution is 0.358. The maximum atomic E-state index is 5.80. The molecular formula is C14H23N3S. The molecule has 3 nitrogen and oxygen atoms in total. The Balaban J connectivity index is 3.19. The summed E-state index contributed by atoms with van der Waals surface area (Å²) in [4.78, 5) is 4.92. The molecule has 1 heterocycles. The first-order chi connectivity index (χ1) is 8.12. The molecule has 0 radical (unpaired) electrons. The van der Waals surface area contributed by atoms with Crippen molar-refractivity contribution in [1.82, 2.24) is 4.98 Å². The molecule has 0 aromatic carbocycles. The summed E-state index contributed by atoms with van der Waals surface area (Å²) in [6, 6.07) is 2.28. The molecule has 18 heavy (non-hydrogen) atoms. The van der Waals surface area contributed by atoms with Gasteiger partial charge in [-0.2, -0.15) is 0 Å². The first kappa shape index (κ1) is 14.9. The fourth-order valence-corrected chi connectivity index (χ4v) is 1.93. The molecule has 1 aromatic rings. The fourth-order valence-electron chi connectivity index (χ4n) is 1.67. The van der Waals surface area contributed by atoms with Gasteiger partial charge in [0, 0.05) is 11.7 Å². The first-order valence-electron chi connectivity index (χ1n) is 6.17. The molecule has 0 aliphatic rings. The number of nitrogens with two attached hydrogens (primary N) is 1. The zero-order valence-corrected chi connectivity index (χ0v) is 12.9. The van der Waals surface area contributed by atoms with E-state index in [-0.39, 0.29) is 11.5 Å². The summed E-state index contributed by atoms with van der Waals surface area (Å²) in [5, 5.41) is 3.43. The van der Waals surface area contributed by atoms with Gasteiger partial charge in [-0.15, -0.1) is 0 Å². The van der Waals surface area contributed by atoms with E-state index >= 15 is 0 Å². The second kappa shape index (κ2) is 5.22. The normalized spacial score (nSPS) is 13.2. The standard InChI is InChI=1S/C14H23N3S/c1-8-7-9(2)16-13(11(8)12(15)18)17-10(3)14(4,5)6/h7,10H,1-6H3,(H2,15,18)(H,16,17). The highest BCUT2D eigenvalue weighted by molar-refractivity contribution is 7.80. The van der Waals surface area contributed by atoms with Gasteiger partial charge < -0.3 is 11.1 Å². The van der Waals surface area contributed by atoms with E-state index in [2.05, 4.69) is 38.0 Å². The smallest absolute Gasteiger partial charge is 0.137 e. The largest absolute Gasteiger partial charge is 0.389 e. The molecule has 0 aliphatic heterocycles. The van der Waals surface area contributed by atoms with E-state index in [1.807, 2.05) is 19.9 Å². The highest BCUT2D eigenvalue weighted by Gasteiger charge is 2.22. The minimum atomic E-state index is 0.146. The summed E-state index contributed by atoms with van der Waals surface area (Å²) in [5.41, 5.74) is 8.84. The maximum absolute atomic E-state index is 5.80. The Bertz CT molecular complexity index is 461. The predicted molar refractivity (Wildman–Crippen MR) is 82.1 cm³/mol. The third-order valence-corrected chi connectivity index (χ3v) is 3.45. The van der Waals surface area contributed by atoms with E-state index in [0.717, 1.165) is 22.6 Å². The lowest BCUT2D eigenvalue weighted by Gasteiger charge is -2.29. The van der Waals surface area contributed by atoms with Crippen molar-refractivity contribution >= 4 is 23.0 Å². The van der Waals surface area contributed by atoms with Crippen LogP contribution in [0, 0.1) is 19.3 Å². The second-order valence-corrected chi connectivity index (χ2v) is 6.34. The average molecular weight is 265 g/mol. The number of aromatic nitrogens is 1. The van der Waals surface area contributed by atoms with Crippen molar-refractivity contribution in [1.29, 1.82) is 0 Å². The lowest BCUT2D eigenvalue weighted by atomic mass is 9.88. The van der Waals surface area contributed by atoms with E-state index in [0.29, 0.717) is 4.99 Å². The Morgan fingerprint density at radius 3 is 2.39 bits per heavy atom. The van der Waals surface area contributed by atoms with Crippen LogP contribution in [0.4, 0.5) is 5.82 Å². The third-order valence-electron chi connectivity index (χ3n) is 3.24. The zero-order valence-electron chi connectivity index (χ0n) is 12.1. The average Bonchev–Trinajstić information content (AvgIpc) is 2.13. The van der Waals surface area contributed by atoms with Gasteiger partial charge in [-0.3, -0.25) is 0 Å². The fraction of sp³-hybridized carbons (Fsp3) is 0.571. The molecule has 3 N–H and O–H groups in total. The first-order valence-corrected chi connectivity index (χ1v) is 6.58. The molecule has 0 saturated carbocycles. The van der Waals surface area contributed by atoms with Crippen molar-refractivity contribution in [3.05, 3.63) is 22.9 Å². The molecule has 1 unspecified atom stereocenters. The highest BCUT2D eigenvalue weighted by atomic mass is 32.1. The Morgan fingerprint density at radius 1 is 1.39 bits per heavy atom. The van der Waals surface area contributed by atoms with Crippen molar-refractivity contribution in [2.75, 3.05) is 5.32 Å². The summed E-state index contributed by atoms with van der Waals surface area (Å²) >= 11 is 5.12. The molecule has 100 valence electrons. The number of hydrogen-bond acceptors (Lipinski definition) is 3. The van der Waals surface area contributed by atoms with E-state index in [1.165, 1.54) is 0 Å². The van der Waals surface area contributed by atoms with Crippen molar-refractivity contribution in [3.8, 4) is 0 Å². The summed E-state index contributed by atoms with van der Waals surface area (Å²) in [5.74, 6) is 0.794. The van der Waals surface area contributed by atoms with E-state index in [9.17, 15) is 0 Å². The quantitative estimate of drug-likeness (QED) is 0.824. The van der Waals surface area contributed by atoms with Crippen LogP contribution in [0.15, 0.2) is 6.07 Å². The minimum Gasteiger partial charge on any atom is -0.389 e. The number of thiocarbonyl (C=S) groups is 1. The monoisotopic (exact) mass is 265 g/mol. The Hall–Kier alpha value is -1.16. The van der Waals surface area contributed by atoms with Crippen LogP contribution in [0.2, 0.25) is 0 Å². The van der Waals surface area contributed by atoms with E-state index in [4.69, 9.17) is 18.0 Å². The van der Waals surface area contributed by atoms with Gasteiger partial charge in [0.15, 0.2) is 0 Å². The van der Waals surface area contributed by atoms with Gasteiger partial charge in [-0.1, -0.05) is 33.0 Å². The molecule has 0 saturated heterocycles. The molecule has 0 bridgehead atoms. The van der Waals surface area contributed by atoms with Crippen LogP contribution < -0.4 is 11.1 Å². The van der Waals surface area contributed by atoms with Crippen LogP contribution in [-0.2, 0) is 0 Å². The van der Waals surface area contributed by atoms with Crippen molar-refractivity contribution in [2.24, 2.45) is 11.1 Å². The SMILES string of the molecule is Cc1cc(C)c(C(N)=S)c(NC(C)C(C)(C)C)n1. The number of pyridine rings is 1. The van der Waals surface area contributed by atoms with Crippen LogP contribution in [0.3, 0.4) is 0 Å². The van der Waals surface area contributed by atoms with E-state index in [1.54, 1.807) is 0 Å². The van der Waals surface area contributed by atoms with Crippen molar-refractivity contribution in [3.63, 3.8) is 0 Å². The van der Waals surface area contributed by atoms with Gasteiger partial charge in [0.05, 0.1) is 5.56 Å². The molecule has 0 amide bonds. The van der Waals surface area contributed by atoms with Crippen LogP contribution in [-0.4, -0.2) is 16.0 Å². The molecule has 0 aliphatic carbocycles. The number of nitrogens with zero attached hydrogens (tertiary/aromatic N) is 1. The second-order valence-electron chi connectivity index (χ2n) is 5.90. The van der Waals surface area contributed by atoms with Gasteiger partial charge in [-0.05, 0) is 37.8 Å². The molecule has 4 heteroatoms. The van der Waals surface area contributed by atoms with Gasteiger partial charge in [-0.25, -0.2) is 4.98 Å². The summed E-state index contributed by atoms with van der Waals surface area (Å²) in [6.07, 6.45) is 0. The van der Waals surface area contributed by atoms with Crippen molar-refractivity contribution in [2.45, 2.75) is 47.6 Å².